The molecule has 0 spiro atoms. The summed E-state index contributed by atoms with van der Waals surface area (Å²) < 4.78 is 0. The summed E-state index contributed by atoms with van der Waals surface area (Å²) in [6.07, 6.45) is 1.76. The molecule has 0 aromatic rings. The van der Waals surface area contributed by atoms with E-state index >= 15 is 0 Å². The Kier molecular flexibility index (Phi) is 3.21. The molecule has 0 aromatic carbocycles. The summed E-state index contributed by atoms with van der Waals surface area (Å²) in [5, 5.41) is 17.9. The van der Waals surface area contributed by atoms with Crippen LogP contribution in [0.3, 0.4) is 0 Å². The third-order valence-electron chi connectivity index (χ3n) is 1.51. The molecule has 0 amide bonds. The highest BCUT2D eigenvalue weighted by Gasteiger charge is 2.13. The maximum Gasteiger partial charge on any atom is 0.270 e. The molecule has 72 valence electrons. The van der Waals surface area contributed by atoms with Crippen LogP contribution < -0.4 is 10.6 Å². The van der Waals surface area contributed by atoms with E-state index in [-0.39, 0.29) is 5.96 Å². The Bertz CT molecular complexity index is 229. The van der Waals surface area contributed by atoms with Crippen molar-refractivity contribution in [3.8, 4) is 0 Å². The van der Waals surface area contributed by atoms with Crippen LogP contribution in [-0.4, -0.2) is 35.8 Å². The minimum Gasteiger partial charge on any atom is -0.338 e. The van der Waals surface area contributed by atoms with E-state index < -0.39 is 5.03 Å². The molecule has 7 heteroatoms. The van der Waals surface area contributed by atoms with Gasteiger partial charge in [-0.2, -0.15) is 0 Å². The van der Waals surface area contributed by atoms with E-state index in [9.17, 15) is 10.1 Å². The van der Waals surface area contributed by atoms with Gasteiger partial charge in [0.1, 0.15) is 5.10 Å². The van der Waals surface area contributed by atoms with Crippen LogP contribution in [0.1, 0.15) is 0 Å². The molecule has 7 nitrogen and oxygen atoms in total. The highest BCUT2D eigenvalue weighted by atomic mass is 16.7. The Balaban J connectivity index is 2.38. The summed E-state index contributed by atoms with van der Waals surface area (Å²) in [6.45, 7) is 5.38. The summed E-state index contributed by atoms with van der Waals surface area (Å²) in [4.78, 5) is 12.0. The minimum absolute atomic E-state index is 0.199. The van der Waals surface area contributed by atoms with E-state index in [0.29, 0.717) is 13.3 Å². The molecule has 0 unspecified atom stereocenters. The number of guanidine groups is 1. The van der Waals surface area contributed by atoms with Gasteiger partial charge in [0.05, 0.1) is 13.3 Å². The molecule has 1 aliphatic rings. The Morgan fingerprint density at radius 1 is 1.69 bits per heavy atom. The van der Waals surface area contributed by atoms with Crippen molar-refractivity contribution in [1.82, 2.24) is 15.5 Å². The number of hydrazone groups is 1. The van der Waals surface area contributed by atoms with Crippen LogP contribution in [0.15, 0.2) is 17.8 Å². The van der Waals surface area contributed by atoms with Crippen LogP contribution in [0.5, 0.6) is 0 Å². The van der Waals surface area contributed by atoms with Gasteiger partial charge in [-0.1, -0.05) is 6.08 Å². The molecule has 1 heterocycles. The normalized spacial score (nSPS) is 17.1. The van der Waals surface area contributed by atoms with Crippen molar-refractivity contribution in [2.45, 2.75) is 0 Å². The molecular weight excluding hydrogens is 174 g/mol. The molecule has 13 heavy (non-hydrogen) atoms. The van der Waals surface area contributed by atoms with Crippen molar-refractivity contribution >= 4 is 5.96 Å². The number of nitrogens with zero attached hydrogens (tertiary/aromatic N) is 3. The lowest BCUT2D eigenvalue weighted by Crippen LogP contribution is -2.54. The van der Waals surface area contributed by atoms with Gasteiger partial charge in [0, 0.05) is 6.54 Å². The maximum absolute atomic E-state index is 9.98. The average Bonchev–Trinajstić information content (AvgIpc) is 2.08. The van der Waals surface area contributed by atoms with Gasteiger partial charge >= 0.3 is 0 Å². The largest absolute Gasteiger partial charge is 0.338 e. The van der Waals surface area contributed by atoms with Crippen LogP contribution in [0.4, 0.5) is 0 Å². The Morgan fingerprint density at radius 2 is 2.31 bits per heavy atom. The van der Waals surface area contributed by atoms with Crippen molar-refractivity contribution in [3.05, 3.63) is 22.8 Å². The van der Waals surface area contributed by atoms with Crippen molar-refractivity contribution in [3.63, 3.8) is 0 Å². The van der Waals surface area contributed by atoms with Crippen molar-refractivity contribution in [2.75, 3.05) is 19.9 Å². The van der Waals surface area contributed by atoms with Gasteiger partial charge in [-0.05, 0) is 0 Å². The van der Waals surface area contributed by atoms with Crippen LogP contribution in [-0.2, 0) is 0 Å². The molecule has 0 atom stereocenters. The second-order valence-electron chi connectivity index (χ2n) is 2.50. The third kappa shape index (κ3) is 3.08. The quantitative estimate of drug-likeness (QED) is 0.339. The highest BCUT2D eigenvalue weighted by molar-refractivity contribution is 5.79. The fourth-order valence-corrected chi connectivity index (χ4v) is 0.956. The fourth-order valence-electron chi connectivity index (χ4n) is 0.956. The molecule has 0 radical (unpaired) electrons. The Hall–Kier alpha value is -1.63. The maximum atomic E-state index is 9.98. The number of nitro groups is 1. The molecule has 0 aromatic heterocycles. The summed E-state index contributed by atoms with van der Waals surface area (Å²) in [6, 6.07) is 0. The van der Waals surface area contributed by atoms with Gasteiger partial charge in [0.25, 0.3) is 5.96 Å². The predicted octanol–water partition coefficient (Wildman–Crippen LogP) is -0.870. The lowest BCUT2D eigenvalue weighted by Gasteiger charge is -2.27. The fraction of sp³-hybridized carbons (Fsp3) is 0.500. The Labute approximate surface area is 75.2 Å². The first-order valence-electron chi connectivity index (χ1n) is 3.76. The molecule has 0 saturated carbocycles. The van der Waals surface area contributed by atoms with Crippen LogP contribution >= 0.6 is 0 Å². The first-order chi connectivity index (χ1) is 6.22. The first-order valence-corrected chi connectivity index (χ1v) is 3.76. The van der Waals surface area contributed by atoms with E-state index in [0.717, 1.165) is 6.54 Å². The number of hydrogen-bond acceptors (Lipinski definition) is 3. The number of hydrogen-bond donors (Lipinski definition) is 2. The highest BCUT2D eigenvalue weighted by Crippen LogP contribution is 1.89. The first kappa shape index (κ1) is 9.46. The average molecular weight is 185 g/mol. The second-order valence-corrected chi connectivity index (χ2v) is 2.50. The van der Waals surface area contributed by atoms with E-state index in [1.54, 1.807) is 6.08 Å². The summed E-state index contributed by atoms with van der Waals surface area (Å²) >= 11 is 0. The van der Waals surface area contributed by atoms with Gasteiger partial charge in [-0.15, -0.1) is 6.58 Å². The molecule has 1 fully saturated rings. The topological polar surface area (TPSA) is 82.8 Å². The lowest BCUT2D eigenvalue weighted by molar-refractivity contribution is -0.485. The smallest absolute Gasteiger partial charge is 0.270 e. The second kappa shape index (κ2) is 4.41. The van der Waals surface area contributed by atoms with Crippen molar-refractivity contribution in [2.24, 2.45) is 5.10 Å². The van der Waals surface area contributed by atoms with E-state index in [4.69, 9.17) is 0 Å². The van der Waals surface area contributed by atoms with Crippen LogP contribution in [0.2, 0.25) is 0 Å². The van der Waals surface area contributed by atoms with Gasteiger partial charge < -0.3 is 10.6 Å². The molecule has 1 saturated heterocycles. The van der Waals surface area contributed by atoms with Crippen LogP contribution in [0, 0.1) is 10.1 Å². The van der Waals surface area contributed by atoms with E-state index in [1.165, 1.54) is 0 Å². The minimum atomic E-state index is -0.738. The molecular formula is C6H11N5O2. The van der Waals surface area contributed by atoms with Gasteiger partial charge in [-0.25, -0.2) is 10.1 Å². The standard InChI is InChI=1S/C6H11N5O2/c1-2-3-10-4-7-6(8-5-10)9-11(12)13/h2H,1,3-5H2,(H2,7,8,9). The van der Waals surface area contributed by atoms with Gasteiger partial charge in [-0.3, -0.25) is 4.90 Å². The SMILES string of the molecule is C=CCN1CNC(=N[N+](=O)[O-])NC1. The van der Waals surface area contributed by atoms with Crippen molar-refractivity contribution in [1.29, 1.82) is 0 Å². The molecule has 0 aliphatic carbocycles. The lowest BCUT2D eigenvalue weighted by atomic mass is 10.5. The monoisotopic (exact) mass is 185 g/mol. The zero-order valence-corrected chi connectivity index (χ0v) is 7.06. The van der Waals surface area contributed by atoms with Gasteiger partial charge in [0.15, 0.2) is 5.03 Å². The summed E-state index contributed by atoms with van der Waals surface area (Å²) in [5.74, 6) is 0.199. The molecule has 0 bridgehead atoms. The summed E-state index contributed by atoms with van der Waals surface area (Å²) in [7, 11) is 0. The third-order valence-corrected chi connectivity index (χ3v) is 1.51. The van der Waals surface area contributed by atoms with E-state index in [1.807, 2.05) is 4.90 Å². The number of nitrogens with one attached hydrogen (secondary N) is 2. The van der Waals surface area contributed by atoms with Gasteiger partial charge in [0.2, 0.25) is 0 Å². The summed E-state index contributed by atoms with van der Waals surface area (Å²) in [5.41, 5.74) is 0. The van der Waals surface area contributed by atoms with Crippen LogP contribution in [0.25, 0.3) is 0 Å². The zero-order chi connectivity index (χ0) is 9.68. The molecule has 1 rings (SSSR count). The number of rotatable bonds is 3. The molecule has 2 N–H and O–H groups in total. The molecule has 1 aliphatic heterocycles. The zero-order valence-electron chi connectivity index (χ0n) is 7.06. The van der Waals surface area contributed by atoms with E-state index in [2.05, 4.69) is 22.3 Å². The Morgan fingerprint density at radius 3 is 2.77 bits per heavy atom. The van der Waals surface area contributed by atoms with Crippen molar-refractivity contribution < 1.29 is 5.03 Å². The predicted molar refractivity (Wildman–Crippen MR) is 47.3 cm³/mol.